The maximum absolute atomic E-state index is 2.48. The summed E-state index contributed by atoms with van der Waals surface area (Å²) in [6.07, 6.45) is 18.3. The van der Waals surface area contributed by atoms with Gasteiger partial charge in [-0.15, -0.1) is 0 Å². The second-order valence-electron chi connectivity index (χ2n) is 4.69. The Labute approximate surface area is 148 Å². The summed E-state index contributed by atoms with van der Waals surface area (Å²) < 4.78 is 0. The molecule has 0 N–H and O–H groups in total. The molecule has 0 saturated heterocycles. The van der Waals surface area contributed by atoms with Crippen LogP contribution in [0.4, 0.5) is 0 Å². The van der Waals surface area contributed by atoms with Gasteiger partial charge >= 0.3 is 26.2 Å². The summed E-state index contributed by atoms with van der Waals surface area (Å²) in [6, 6.07) is 0. The fourth-order valence-electron chi connectivity index (χ4n) is 2.70. The Bertz CT molecular complexity index is 508. The molecule has 3 aliphatic rings. The second kappa shape index (κ2) is 7.94. The monoisotopic (exact) mass is 387 g/mol. The molecule has 0 aromatic heterocycles. The van der Waals surface area contributed by atoms with Gasteiger partial charge in [-0.3, -0.25) is 0 Å². The van der Waals surface area contributed by atoms with Crippen molar-refractivity contribution < 1.29 is 51.0 Å². The zero-order chi connectivity index (χ0) is 11.1. The van der Waals surface area contributed by atoms with E-state index in [1.54, 1.807) is 10.6 Å². The number of fused-ring (bicyclic) bond motifs is 1. The summed E-state index contributed by atoms with van der Waals surface area (Å²) in [5.74, 6) is 0.619. The van der Waals surface area contributed by atoms with Gasteiger partial charge in [0.05, 0.1) is 5.29 Å². The van der Waals surface area contributed by atoms with Crippen molar-refractivity contribution >= 4 is 12.8 Å². The van der Waals surface area contributed by atoms with Gasteiger partial charge in [0.2, 0.25) is 0 Å². The molecule has 0 radical (unpaired) electrons. The SMILES string of the molecule is CC(C)=[P+]1C2=CC=CC2=CC1C1C=CC=C1.[Cl-].[Cl-].[Zr+2]. The molecule has 0 fully saturated rings. The molecule has 0 aromatic carbocycles. The van der Waals surface area contributed by atoms with Crippen LogP contribution in [0.25, 0.3) is 0 Å². The van der Waals surface area contributed by atoms with E-state index in [-0.39, 0.29) is 58.6 Å². The minimum absolute atomic E-state index is 0. The fraction of sp³-hybridized carbons (Fsp3) is 0.267. The molecule has 98 valence electrons. The maximum Gasteiger partial charge on any atom is 2.00 e. The quantitative estimate of drug-likeness (QED) is 0.464. The number of hydrogen-bond acceptors (Lipinski definition) is 0. The summed E-state index contributed by atoms with van der Waals surface area (Å²) in [6.45, 7) is 4.58. The van der Waals surface area contributed by atoms with E-state index in [0.29, 0.717) is 11.6 Å². The van der Waals surface area contributed by atoms with E-state index in [9.17, 15) is 0 Å². The van der Waals surface area contributed by atoms with Crippen LogP contribution >= 0.6 is 7.55 Å². The number of hydrogen-bond donors (Lipinski definition) is 0. The average molecular weight is 389 g/mol. The molecule has 0 saturated carbocycles. The van der Waals surface area contributed by atoms with Gasteiger partial charge in [0, 0.05) is 11.5 Å². The van der Waals surface area contributed by atoms with Crippen molar-refractivity contribution in [1.29, 1.82) is 0 Å². The first-order valence-electron chi connectivity index (χ1n) is 5.82. The fourth-order valence-corrected chi connectivity index (χ4v) is 5.63. The first kappa shape index (κ1) is 19.3. The van der Waals surface area contributed by atoms with Crippen LogP contribution in [0.15, 0.2) is 59.5 Å². The Balaban J connectivity index is 0.00000108. The van der Waals surface area contributed by atoms with E-state index in [1.165, 1.54) is 5.57 Å². The molecule has 1 heterocycles. The van der Waals surface area contributed by atoms with Crippen LogP contribution in [-0.4, -0.2) is 11.0 Å². The normalized spacial score (nSPS) is 24.1. The third-order valence-electron chi connectivity index (χ3n) is 3.39. The Kier molecular flexibility index (Phi) is 8.08. The molecule has 0 spiro atoms. The summed E-state index contributed by atoms with van der Waals surface area (Å²) >= 11 is 0. The number of halogens is 2. The Morgan fingerprint density at radius 1 is 1.05 bits per heavy atom. The zero-order valence-corrected chi connectivity index (χ0v) is 15.8. The van der Waals surface area contributed by atoms with Crippen molar-refractivity contribution in [3.05, 3.63) is 59.5 Å². The Hall–Kier alpha value is 0.333. The summed E-state index contributed by atoms with van der Waals surface area (Å²) in [7, 11) is -0.0988. The Morgan fingerprint density at radius 3 is 2.26 bits per heavy atom. The molecule has 3 rings (SSSR count). The van der Waals surface area contributed by atoms with Crippen LogP contribution in [0.3, 0.4) is 0 Å². The standard InChI is InChI=1S/C15H16P.2ClH.Zr/c1-11(2)16-14-9-5-8-13(14)10-15(16)12-6-3-4-7-12;;;/h3-10,12,15H,1-2H3;2*1H;/q+1;;;+2/p-2. The minimum Gasteiger partial charge on any atom is -1.00 e. The zero-order valence-electron chi connectivity index (χ0n) is 11.0. The predicted octanol–water partition coefficient (Wildman–Crippen LogP) is -1.81. The van der Waals surface area contributed by atoms with Gasteiger partial charge in [0.1, 0.15) is 7.55 Å². The van der Waals surface area contributed by atoms with Gasteiger partial charge < -0.3 is 24.8 Å². The molecule has 1 aliphatic heterocycles. The van der Waals surface area contributed by atoms with Crippen molar-refractivity contribution in [3.63, 3.8) is 0 Å². The van der Waals surface area contributed by atoms with Crippen LogP contribution in [0.1, 0.15) is 13.8 Å². The second-order valence-corrected chi connectivity index (χ2v) is 7.40. The molecule has 2 aliphatic carbocycles. The van der Waals surface area contributed by atoms with Crippen molar-refractivity contribution in [2.45, 2.75) is 19.5 Å². The average Bonchev–Trinajstić information content (AvgIpc) is 2.92. The van der Waals surface area contributed by atoms with E-state index in [1.807, 2.05) is 0 Å². The molecular weight excluding hydrogens is 373 g/mol. The van der Waals surface area contributed by atoms with Gasteiger partial charge in [0.15, 0.2) is 11.0 Å². The largest absolute Gasteiger partial charge is 2.00 e. The number of allylic oxidation sites excluding steroid dienone is 10. The number of rotatable bonds is 1. The van der Waals surface area contributed by atoms with Gasteiger partial charge in [-0.1, -0.05) is 36.5 Å². The molecule has 19 heavy (non-hydrogen) atoms. The molecule has 4 heteroatoms. The van der Waals surface area contributed by atoms with E-state index < -0.39 is 0 Å². The van der Waals surface area contributed by atoms with E-state index in [4.69, 9.17) is 0 Å². The summed E-state index contributed by atoms with van der Waals surface area (Å²) in [4.78, 5) is 0. The molecule has 0 amide bonds. The van der Waals surface area contributed by atoms with Crippen LogP contribution in [0, 0.1) is 5.92 Å². The van der Waals surface area contributed by atoms with Gasteiger partial charge in [-0.05, 0) is 26.0 Å². The van der Waals surface area contributed by atoms with Crippen LogP contribution in [0.5, 0.6) is 0 Å². The Morgan fingerprint density at radius 2 is 1.68 bits per heavy atom. The molecule has 2 atom stereocenters. The van der Waals surface area contributed by atoms with Crippen molar-refractivity contribution in [1.82, 2.24) is 0 Å². The molecule has 0 nitrogen and oxygen atoms in total. The molecule has 2 unspecified atom stereocenters. The van der Waals surface area contributed by atoms with Gasteiger partial charge in [-0.2, -0.15) is 0 Å². The first-order valence-corrected chi connectivity index (χ1v) is 7.23. The smallest absolute Gasteiger partial charge is 1.00 e. The third kappa shape index (κ3) is 3.51. The first-order chi connectivity index (χ1) is 7.77. The topological polar surface area (TPSA) is 0 Å². The van der Waals surface area contributed by atoms with Crippen molar-refractivity contribution in [2.24, 2.45) is 5.92 Å². The van der Waals surface area contributed by atoms with Crippen LogP contribution < -0.4 is 24.8 Å². The van der Waals surface area contributed by atoms with E-state index in [0.717, 1.165) is 0 Å². The summed E-state index contributed by atoms with van der Waals surface area (Å²) in [5, 5.41) is 3.18. The molecule has 0 aromatic rings. The van der Waals surface area contributed by atoms with E-state index >= 15 is 0 Å². The van der Waals surface area contributed by atoms with Gasteiger partial charge in [0.25, 0.3) is 0 Å². The van der Waals surface area contributed by atoms with Crippen molar-refractivity contribution in [2.75, 3.05) is 0 Å². The maximum atomic E-state index is 2.48. The van der Waals surface area contributed by atoms with Crippen molar-refractivity contribution in [3.8, 4) is 0 Å². The van der Waals surface area contributed by atoms with Crippen LogP contribution in [0.2, 0.25) is 0 Å². The minimum atomic E-state index is -0.0988. The van der Waals surface area contributed by atoms with E-state index in [2.05, 4.69) is 62.5 Å². The molecular formula is C15H16Cl2PZr+. The molecule has 0 bridgehead atoms. The predicted molar refractivity (Wildman–Crippen MR) is 74.1 cm³/mol. The van der Waals surface area contributed by atoms with Gasteiger partial charge in [-0.25, -0.2) is 0 Å². The summed E-state index contributed by atoms with van der Waals surface area (Å²) in [5.41, 5.74) is 2.17. The van der Waals surface area contributed by atoms with Crippen LogP contribution in [-0.2, 0) is 26.2 Å². The third-order valence-corrected chi connectivity index (χ3v) is 6.37.